The summed E-state index contributed by atoms with van der Waals surface area (Å²) in [5.74, 6) is 1.11. The standard InChI is InChI=1S/C22H23NO4/c1-16-21(17(2)27-23-16)15-26-20-12-10-19(11-13-20)22(24)25-14-6-9-18-7-4-3-5-8-18/h3-5,7-8,10-13H,6,9,14-15H2,1-2H3. The van der Waals surface area contributed by atoms with E-state index in [1.54, 1.807) is 24.3 Å². The monoisotopic (exact) mass is 365 g/mol. The highest BCUT2D eigenvalue weighted by Crippen LogP contribution is 2.18. The van der Waals surface area contributed by atoms with Gasteiger partial charge in [0.1, 0.15) is 18.1 Å². The summed E-state index contributed by atoms with van der Waals surface area (Å²) in [4.78, 5) is 12.1. The molecule has 5 nitrogen and oxygen atoms in total. The van der Waals surface area contributed by atoms with Gasteiger partial charge >= 0.3 is 5.97 Å². The third-order valence-electron chi connectivity index (χ3n) is 4.34. The summed E-state index contributed by atoms with van der Waals surface area (Å²) in [6.07, 6.45) is 1.69. The van der Waals surface area contributed by atoms with Crippen LogP contribution in [-0.2, 0) is 17.8 Å². The molecule has 3 rings (SSSR count). The fraction of sp³-hybridized carbons (Fsp3) is 0.273. The van der Waals surface area contributed by atoms with Crippen molar-refractivity contribution in [3.05, 3.63) is 82.7 Å². The normalized spacial score (nSPS) is 10.6. The summed E-state index contributed by atoms with van der Waals surface area (Å²) >= 11 is 0. The Kier molecular flexibility index (Phi) is 6.26. The molecule has 3 aromatic rings. The van der Waals surface area contributed by atoms with Gasteiger partial charge in [-0.15, -0.1) is 0 Å². The summed E-state index contributed by atoms with van der Waals surface area (Å²) in [7, 11) is 0. The molecular formula is C22H23NO4. The van der Waals surface area contributed by atoms with E-state index in [1.165, 1.54) is 5.56 Å². The quantitative estimate of drug-likeness (QED) is 0.429. The molecule has 0 amide bonds. The summed E-state index contributed by atoms with van der Waals surface area (Å²) in [6, 6.07) is 17.1. The van der Waals surface area contributed by atoms with Crippen molar-refractivity contribution in [3.63, 3.8) is 0 Å². The molecule has 0 fully saturated rings. The molecule has 0 saturated carbocycles. The van der Waals surface area contributed by atoms with E-state index in [-0.39, 0.29) is 5.97 Å². The topological polar surface area (TPSA) is 61.6 Å². The van der Waals surface area contributed by atoms with Gasteiger partial charge in [-0.2, -0.15) is 0 Å². The molecule has 0 radical (unpaired) electrons. The van der Waals surface area contributed by atoms with Gasteiger partial charge in [-0.3, -0.25) is 0 Å². The fourth-order valence-electron chi connectivity index (χ4n) is 2.72. The van der Waals surface area contributed by atoms with Crippen molar-refractivity contribution in [3.8, 4) is 5.75 Å². The average Bonchev–Trinajstić information content (AvgIpc) is 3.02. The molecule has 0 unspecified atom stereocenters. The molecule has 2 aromatic carbocycles. The van der Waals surface area contributed by atoms with Crippen LogP contribution in [0.3, 0.4) is 0 Å². The van der Waals surface area contributed by atoms with Crippen LogP contribution in [0.15, 0.2) is 59.1 Å². The minimum Gasteiger partial charge on any atom is -0.489 e. The highest BCUT2D eigenvalue weighted by atomic mass is 16.5. The minimum absolute atomic E-state index is 0.319. The molecule has 0 aliphatic heterocycles. The van der Waals surface area contributed by atoms with Crippen molar-refractivity contribution in [1.29, 1.82) is 0 Å². The summed E-state index contributed by atoms with van der Waals surface area (Å²) < 4.78 is 16.2. The molecule has 140 valence electrons. The Hall–Kier alpha value is -3.08. The van der Waals surface area contributed by atoms with Crippen LogP contribution >= 0.6 is 0 Å². The second-order valence-electron chi connectivity index (χ2n) is 6.34. The van der Waals surface area contributed by atoms with Gasteiger partial charge in [0.15, 0.2) is 0 Å². The number of aromatic nitrogens is 1. The molecule has 0 atom stereocenters. The van der Waals surface area contributed by atoms with Gasteiger partial charge in [0.2, 0.25) is 0 Å². The van der Waals surface area contributed by atoms with Crippen molar-refractivity contribution in [2.24, 2.45) is 0 Å². The zero-order chi connectivity index (χ0) is 19.1. The number of esters is 1. The first-order chi connectivity index (χ1) is 13.1. The average molecular weight is 365 g/mol. The predicted molar refractivity (Wildman–Crippen MR) is 102 cm³/mol. The van der Waals surface area contributed by atoms with Crippen LogP contribution in [0, 0.1) is 13.8 Å². The Morgan fingerprint density at radius 3 is 2.44 bits per heavy atom. The number of carbonyl (C=O) groups excluding carboxylic acids is 1. The van der Waals surface area contributed by atoms with Crippen molar-refractivity contribution in [1.82, 2.24) is 5.16 Å². The van der Waals surface area contributed by atoms with Gasteiger partial charge in [0, 0.05) is 0 Å². The molecule has 1 heterocycles. The van der Waals surface area contributed by atoms with E-state index in [0.717, 1.165) is 29.9 Å². The van der Waals surface area contributed by atoms with E-state index in [2.05, 4.69) is 17.3 Å². The molecule has 0 N–H and O–H groups in total. The van der Waals surface area contributed by atoms with E-state index < -0.39 is 0 Å². The van der Waals surface area contributed by atoms with Crippen molar-refractivity contribution in [2.45, 2.75) is 33.3 Å². The van der Waals surface area contributed by atoms with Crippen LogP contribution in [0.1, 0.15) is 39.4 Å². The van der Waals surface area contributed by atoms with Gasteiger partial charge in [0.25, 0.3) is 0 Å². The van der Waals surface area contributed by atoms with Crippen molar-refractivity contribution in [2.75, 3.05) is 6.61 Å². The minimum atomic E-state index is -0.319. The number of benzene rings is 2. The summed E-state index contributed by atoms with van der Waals surface area (Å²) in [5.41, 5.74) is 3.52. The molecule has 0 saturated heterocycles. The molecule has 0 aliphatic carbocycles. The Labute approximate surface area is 158 Å². The van der Waals surface area contributed by atoms with Crippen LogP contribution < -0.4 is 4.74 Å². The number of ether oxygens (including phenoxy) is 2. The second-order valence-corrected chi connectivity index (χ2v) is 6.34. The second kappa shape index (κ2) is 9.03. The van der Waals surface area contributed by atoms with Crippen molar-refractivity contribution >= 4 is 5.97 Å². The summed E-state index contributed by atoms with van der Waals surface area (Å²) in [6.45, 7) is 4.52. The molecule has 5 heteroatoms. The largest absolute Gasteiger partial charge is 0.489 e. The number of aryl methyl sites for hydroxylation is 3. The van der Waals surface area contributed by atoms with E-state index in [1.807, 2.05) is 32.0 Å². The maximum atomic E-state index is 12.1. The Bertz CT molecular complexity index is 850. The predicted octanol–water partition coefficient (Wildman–Crippen LogP) is 4.66. The first kappa shape index (κ1) is 18.7. The van der Waals surface area contributed by atoms with Crippen LogP contribution in [0.4, 0.5) is 0 Å². The highest BCUT2D eigenvalue weighted by Gasteiger charge is 2.11. The van der Waals surface area contributed by atoms with E-state index in [4.69, 9.17) is 14.0 Å². The van der Waals surface area contributed by atoms with Crippen molar-refractivity contribution < 1.29 is 18.8 Å². The number of hydrogen-bond acceptors (Lipinski definition) is 5. The van der Waals surface area contributed by atoms with Gasteiger partial charge in [0.05, 0.1) is 23.4 Å². The third kappa shape index (κ3) is 5.20. The van der Waals surface area contributed by atoms with Crippen LogP contribution in [-0.4, -0.2) is 17.7 Å². The fourth-order valence-corrected chi connectivity index (χ4v) is 2.72. The lowest BCUT2D eigenvalue weighted by Crippen LogP contribution is -2.07. The molecule has 0 bridgehead atoms. The third-order valence-corrected chi connectivity index (χ3v) is 4.34. The Balaban J connectivity index is 1.44. The maximum absolute atomic E-state index is 12.1. The van der Waals surface area contributed by atoms with E-state index >= 15 is 0 Å². The van der Waals surface area contributed by atoms with Gasteiger partial charge in [-0.25, -0.2) is 4.79 Å². The molecule has 0 spiro atoms. The number of hydrogen-bond donors (Lipinski definition) is 0. The SMILES string of the molecule is Cc1noc(C)c1COc1ccc(C(=O)OCCCc2ccccc2)cc1. The smallest absolute Gasteiger partial charge is 0.338 e. The molecule has 0 aliphatic rings. The zero-order valence-electron chi connectivity index (χ0n) is 15.6. The van der Waals surface area contributed by atoms with Gasteiger partial charge < -0.3 is 14.0 Å². The maximum Gasteiger partial charge on any atom is 0.338 e. The van der Waals surface area contributed by atoms with Crippen LogP contribution in [0.25, 0.3) is 0 Å². The van der Waals surface area contributed by atoms with Crippen LogP contribution in [0.2, 0.25) is 0 Å². The first-order valence-electron chi connectivity index (χ1n) is 8.99. The summed E-state index contributed by atoms with van der Waals surface area (Å²) in [5, 5.41) is 3.90. The lowest BCUT2D eigenvalue weighted by Gasteiger charge is -2.08. The molecule has 27 heavy (non-hydrogen) atoms. The van der Waals surface area contributed by atoms with Gasteiger partial charge in [-0.1, -0.05) is 35.5 Å². The number of nitrogens with zero attached hydrogens (tertiary/aromatic N) is 1. The molecule has 1 aromatic heterocycles. The Morgan fingerprint density at radius 1 is 1.04 bits per heavy atom. The Morgan fingerprint density at radius 2 is 1.78 bits per heavy atom. The van der Waals surface area contributed by atoms with Gasteiger partial charge in [-0.05, 0) is 56.5 Å². The lowest BCUT2D eigenvalue weighted by atomic mass is 10.1. The first-order valence-corrected chi connectivity index (χ1v) is 8.99. The number of carbonyl (C=O) groups is 1. The number of rotatable bonds is 8. The van der Waals surface area contributed by atoms with Crippen LogP contribution in [0.5, 0.6) is 5.75 Å². The molecular weight excluding hydrogens is 342 g/mol. The van der Waals surface area contributed by atoms with E-state index in [0.29, 0.717) is 24.5 Å². The van der Waals surface area contributed by atoms with E-state index in [9.17, 15) is 4.79 Å². The zero-order valence-corrected chi connectivity index (χ0v) is 15.6. The highest BCUT2D eigenvalue weighted by molar-refractivity contribution is 5.89. The lowest BCUT2D eigenvalue weighted by molar-refractivity contribution is 0.0500.